The largest absolute Gasteiger partial charge is 0.326 e. The molecule has 1 aliphatic heterocycles. The summed E-state index contributed by atoms with van der Waals surface area (Å²) >= 11 is 0. The van der Waals surface area contributed by atoms with Crippen LogP contribution in [0.25, 0.3) is 0 Å². The summed E-state index contributed by atoms with van der Waals surface area (Å²) in [5.74, 6) is 0.359. The Morgan fingerprint density at radius 2 is 2.06 bits per heavy atom. The van der Waals surface area contributed by atoms with Crippen LogP contribution in [0, 0.1) is 0 Å². The number of carbonyl (C=O) groups is 1. The standard InChI is InChI=1S/C14H18N2O/c15-9-10-3-1-2-4-12(10)14-13(17)7-8-16(14)11-5-6-11/h1-4,11,14H,5-9,15H2. The molecular weight excluding hydrogens is 212 g/mol. The van der Waals surface area contributed by atoms with Crippen molar-refractivity contribution in [3.63, 3.8) is 0 Å². The molecule has 2 aliphatic rings. The van der Waals surface area contributed by atoms with E-state index in [1.54, 1.807) is 0 Å². The number of rotatable bonds is 3. The Kier molecular flexibility index (Phi) is 2.73. The molecule has 1 saturated carbocycles. The molecule has 1 aromatic rings. The number of Topliss-reactive ketones (excluding diaryl/α,β-unsaturated/α-hetero) is 1. The van der Waals surface area contributed by atoms with Gasteiger partial charge in [0.05, 0.1) is 6.04 Å². The molecule has 3 rings (SSSR count). The summed E-state index contributed by atoms with van der Waals surface area (Å²) in [6.07, 6.45) is 3.18. The van der Waals surface area contributed by atoms with Gasteiger partial charge in [0.25, 0.3) is 0 Å². The van der Waals surface area contributed by atoms with Crippen molar-refractivity contribution < 1.29 is 4.79 Å². The van der Waals surface area contributed by atoms with E-state index in [4.69, 9.17) is 5.73 Å². The maximum absolute atomic E-state index is 12.1. The molecule has 1 saturated heterocycles. The van der Waals surface area contributed by atoms with Gasteiger partial charge in [0, 0.05) is 25.6 Å². The fourth-order valence-electron chi connectivity index (χ4n) is 2.83. The zero-order chi connectivity index (χ0) is 11.8. The predicted octanol–water partition coefficient (Wildman–Crippen LogP) is 1.62. The Bertz CT molecular complexity index is 440. The van der Waals surface area contributed by atoms with Crippen molar-refractivity contribution in [2.24, 2.45) is 5.73 Å². The average molecular weight is 230 g/mol. The number of hydrogen-bond acceptors (Lipinski definition) is 3. The Balaban J connectivity index is 1.97. The van der Waals surface area contributed by atoms with E-state index < -0.39 is 0 Å². The lowest BCUT2D eigenvalue weighted by molar-refractivity contribution is -0.120. The average Bonchev–Trinajstić information content (AvgIpc) is 3.13. The van der Waals surface area contributed by atoms with Gasteiger partial charge in [-0.2, -0.15) is 0 Å². The zero-order valence-electron chi connectivity index (χ0n) is 9.93. The number of ketones is 1. The van der Waals surface area contributed by atoms with Gasteiger partial charge in [-0.25, -0.2) is 0 Å². The number of benzene rings is 1. The Morgan fingerprint density at radius 3 is 2.76 bits per heavy atom. The molecule has 0 spiro atoms. The summed E-state index contributed by atoms with van der Waals surface area (Å²) in [6, 6.07) is 8.70. The van der Waals surface area contributed by atoms with E-state index in [1.165, 1.54) is 12.8 Å². The molecule has 1 aromatic carbocycles. The highest BCUT2D eigenvalue weighted by Gasteiger charge is 2.42. The summed E-state index contributed by atoms with van der Waals surface area (Å²) in [4.78, 5) is 14.5. The quantitative estimate of drug-likeness (QED) is 0.858. The highest BCUT2D eigenvalue weighted by molar-refractivity contribution is 5.87. The fourth-order valence-corrected chi connectivity index (χ4v) is 2.83. The second-order valence-electron chi connectivity index (χ2n) is 4.99. The Hall–Kier alpha value is -1.19. The molecule has 1 heterocycles. The lowest BCUT2D eigenvalue weighted by Crippen LogP contribution is -2.28. The minimum atomic E-state index is -0.0257. The van der Waals surface area contributed by atoms with E-state index in [-0.39, 0.29) is 6.04 Å². The van der Waals surface area contributed by atoms with Gasteiger partial charge in [0.1, 0.15) is 0 Å². The van der Waals surface area contributed by atoms with E-state index in [9.17, 15) is 4.79 Å². The lowest BCUT2D eigenvalue weighted by atomic mass is 9.97. The van der Waals surface area contributed by atoms with Gasteiger partial charge >= 0.3 is 0 Å². The molecule has 90 valence electrons. The number of carbonyl (C=O) groups excluding carboxylic acids is 1. The minimum absolute atomic E-state index is 0.0257. The van der Waals surface area contributed by atoms with Gasteiger partial charge in [-0.1, -0.05) is 24.3 Å². The van der Waals surface area contributed by atoms with Crippen LogP contribution in [0.5, 0.6) is 0 Å². The molecule has 1 aliphatic carbocycles. The van der Waals surface area contributed by atoms with Crippen molar-refractivity contribution in [1.29, 1.82) is 0 Å². The van der Waals surface area contributed by atoms with Crippen LogP contribution in [0.2, 0.25) is 0 Å². The van der Waals surface area contributed by atoms with Gasteiger partial charge < -0.3 is 5.73 Å². The summed E-state index contributed by atoms with van der Waals surface area (Å²) in [5, 5.41) is 0. The number of nitrogens with zero attached hydrogens (tertiary/aromatic N) is 1. The highest BCUT2D eigenvalue weighted by Crippen LogP contribution is 2.39. The summed E-state index contributed by atoms with van der Waals surface area (Å²) < 4.78 is 0. The molecule has 0 aromatic heterocycles. The number of nitrogens with two attached hydrogens (primary N) is 1. The third-order valence-electron chi connectivity index (χ3n) is 3.84. The Morgan fingerprint density at radius 1 is 1.29 bits per heavy atom. The third kappa shape index (κ3) is 1.90. The van der Waals surface area contributed by atoms with E-state index in [2.05, 4.69) is 11.0 Å². The summed E-state index contributed by atoms with van der Waals surface area (Å²) in [7, 11) is 0. The third-order valence-corrected chi connectivity index (χ3v) is 3.84. The van der Waals surface area contributed by atoms with E-state index in [1.807, 2.05) is 18.2 Å². The maximum atomic E-state index is 12.1. The van der Waals surface area contributed by atoms with Crippen molar-refractivity contribution in [2.75, 3.05) is 6.54 Å². The monoisotopic (exact) mass is 230 g/mol. The molecule has 2 N–H and O–H groups in total. The summed E-state index contributed by atoms with van der Waals surface area (Å²) in [6.45, 7) is 1.44. The van der Waals surface area contributed by atoms with E-state index in [0.29, 0.717) is 24.8 Å². The van der Waals surface area contributed by atoms with Crippen LogP contribution in [0.3, 0.4) is 0 Å². The molecule has 1 unspecified atom stereocenters. The van der Waals surface area contributed by atoms with Crippen LogP contribution in [0.15, 0.2) is 24.3 Å². The SMILES string of the molecule is NCc1ccccc1C1C(=O)CCN1C1CC1. The van der Waals surface area contributed by atoms with Gasteiger partial charge in [0.15, 0.2) is 5.78 Å². The number of hydrogen-bond donors (Lipinski definition) is 1. The van der Waals surface area contributed by atoms with Gasteiger partial charge in [-0.3, -0.25) is 9.69 Å². The second-order valence-corrected chi connectivity index (χ2v) is 4.99. The van der Waals surface area contributed by atoms with Crippen molar-refractivity contribution in [3.05, 3.63) is 35.4 Å². The fraction of sp³-hybridized carbons (Fsp3) is 0.500. The van der Waals surface area contributed by atoms with Crippen molar-refractivity contribution in [1.82, 2.24) is 4.90 Å². The first-order chi connectivity index (χ1) is 8.31. The van der Waals surface area contributed by atoms with Crippen molar-refractivity contribution >= 4 is 5.78 Å². The number of likely N-dealkylation sites (tertiary alicyclic amines) is 1. The summed E-state index contributed by atoms with van der Waals surface area (Å²) in [5.41, 5.74) is 8.01. The van der Waals surface area contributed by atoms with Crippen LogP contribution in [0.4, 0.5) is 0 Å². The Labute approximate surface area is 102 Å². The lowest BCUT2D eigenvalue weighted by Gasteiger charge is -2.24. The van der Waals surface area contributed by atoms with Gasteiger partial charge in [0.2, 0.25) is 0 Å². The first-order valence-electron chi connectivity index (χ1n) is 6.37. The first kappa shape index (κ1) is 10.9. The van der Waals surface area contributed by atoms with E-state index >= 15 is 0 Å². The molecule has 17 heavy (non-hydrogen) atoms. The van der Waals surface area contributed by atoms with Gasteiger partial charge in [-0.05, 0) is 24.0 Å². The molecule has 3 nitrogen and oxygen atoms in total. The molecule has 1 atom stereocenters. The zero-order valence-corrected chi connectivity index (χ0v) is 9.93. The van der Waals surface area contributed by atoms with Gasteiger partial charge in [-0.15, -0.1) is 0 Å². The predicted molar refractivity (Wildman–Crippen MR) is 66.4 cm³/mol. The molecular formula is C14H18N2O. The molecule has 3 heteroatoms. The first-order valence-corrected chi connectivity index (χ1v) is 6.37. The van der Waals surface area contributed by atoms with E-state index in [0.717, 1.165) is 17.7 Å². The second kappa shape index (κ2) is 4.24. The normalized spacial score (nSPS) is 25.5. The van der Waals surface area contributed by atoms with Crippen LogP contribution in [0.1, 0.15) is 36.4 Å². The van der Waals surface area contributed by atoms with Crippen molar-refractivity contribution in [3.8, 4) is 0 Å². The smallest absolute Gasteiger partial charge is 0.155 e. The molecule has 0 amide bonds. The molecule has 0 bridgehead atoms. The van der Waals surface area contributed by atoms with Crippen LogP contribution in [-0.4, -0.2) is 23.3 Å². The molecule has 0 radical (unpaired) electrons. The maximum Gasteiger partial charge on any atom is 0.155 e. The van der Waals surface area contributed by atoms with Crippen molar-refractivity contribution in [2.45, 2.75) is 37.9 Å². The minimum Gasteiger partial charge on any atom is -0.326 e. The topological polar surface area (TPSA) is 46.3 Å². The van der Waals surface area contributed by atoms with Crippen LogP contribution in [-0.2, 0) is 11.3 Å². The van der Waals surface area contributed by atoms with Crippen LogP contribution >= 0.6 is 0 Å². The highest BCUT2D eigenvalue weighted by atomic mass is 16.1. The van der Waals surface area contributed by atoms with Crippen LogP contribution < -0.4 is 5.73 Å². The molecule has 2 fully saturated rings.